The molecule has 1 atom stereocenters. The molecule has 0 radical (unpaired) electrons. The Labute approximate surface area is 167 Å². The predicted octanol–water partition coefficient (Wildman–Crippen LogP) is 4.72. The summed E-state index contributed by atoms with van der Waals surface area (Å²) in [6.07, 6.45) is 2.58. The van der Waals surface area contributed by atoms with E-state index in [1.54, 1.807) is 6.08 Å². The van der Waals surface area contributed by atoms with Gasteiger partial charge in [0.1, 0.15) is 6.61 Å². The second-order valence-electron chi connectivity index (χ2n) is 5.86. The molecule has 2 aromatic rings. The van der Waals surface area contributed by atoms with Gasteiger partial charge in [0.15, 0.2) is 0 Å². The highest BCUT2D eigenvalue weighted by Gasteiger charge is 2.37. The van der Waals surface area contributed by atoms with Gasteiger partial charge in [0.2, 0.25) is 0 Å². The van der Waals surface area contributed by atoms with Crippen LogP contribution in [-0.4, -0.2) is 30.7 Å². The Morgan fingerprint density at radius 3 is 2.14 bits per heavy atom. The summed E-state index contributed by atoms with van der Waals surface area (Å²) < 4.78 is 41.0. The third kappa shape index (κ3) is 8.61. The maximum atomic E-state index is 12.6. The SMILES string of the molecule is O=C(OC/C=C/[C@@H](COCc1ccccc1)OCc1ccccc1)C(F)(F)Cl. The van der Waals surface area contributed by atoms with Gasteiger partial charge in [-0.1, -0.05) is 66.7 Å². The molecule has 0 aliphatic carbocycles. The predicted molar refractivity (Wildman–Crippen MR) is 102 cm³/mol. The Bertz CT molecular complexity index is 733. The van der Waals surface area contributed by atoms with Gasteiger partial charge in [-0.25, -0.2) is 4.79 Å². The monoisotopic (exact) mass is 410 g/mol. The van der Waals surface area contributed by atoms with Crippen LogP contribution < -0.4 is 0 Å². The fourth-order valence-electron chi connectivity index (χ4n) is 2.22. The molecule has 0 saturated heterocycles. The molecular formula is C21H21ClF2O4. The number of hydrogen-bond acceptors (Lipinski definition) is 4. The zero-order chi connectivity index (χ0) is 20.2. The minimum absolute atomic E-state index is 0.248. The van der Waals surface area contributed by atoms with Crippen LogP contribution in [-0.2, 0) is 32.2 Å². The molecule has 0 aliphatic rings. The van der Waals surface area contributed by atoms with Crippen molar-refractivity contribution in [3.63, 3.8) is 0 Å². The summed E-state index contributed by atoms with van der Waals surface area (Å²) in [5.41, 5.74) is 2.00. The maximum absolute atomic E-state index is 12.6. The zero-order valence-corrected chi connectivity index (χ0v) is 15.9. The number of benzene rings is 2. The highest BCUT2D eigenvalue weighted by atomic mass is 35.5. The van der Waals surface area contributed by atoms with Crippen LogP contribution in [0.2, 0.25) is 0 Å². The molecule has 0 spiro atoms. The van der Waals surface area contributed by atoms with Crippen molar-refractivity contribution in [2.75, 3.05) is 13.2 Å². The number of rotatable bonds is 11. The average Bonchev–Trinajstić information content (AvgIpc) is 2.69. The molecule has 0 saturated carbocycles. The molecule has 28 heavy (non-hydrogen) atoms. The van der Waals surface area contributed by atoms with E-state index >= 15 is 0 Å². The summed E-state index contributed by atoms with van der Waals surface area (Å²) in [5, 5.41) is -4.03. The highest BCUT2D eigenvalue weighted by Crippen LogP contribution is 2.20. The van der Waals surface area contributed by atoms with E-state index in [4.69, 9.17) is 9.47 Å². The summed E-state index contributed by atoms with van der Waals surface area (Å²) in [6, 6.07) is 19.2. The molecule has 7 heteroatoms. The summed E-state index contributed by atoms with van der Waals surface area (Å²) in [7, 11) is 0. The third-order valence-corrected chi connectivity index (χ3v) is 3.75. The number of carbonyl (C=O) groups is 1. The van der Waals surface area contributed by atoms with Crippen molar-refractivity contribution in [3.05, 3.63) is 83.9 Å². The molecule has 0 N–H and O–H groups in total. The first kappa shape index (κ1) is 22.0. The first-order valence-electron chi connectivity index (χ1n) is 8.63. The van der Waals surface area contributed by atoms with Crippen molar-refractivity contribution < 1.29 is 27.8 Å². The summed E-state index contributed by atoms with van der Waals surface area (Å²) in [4.78, 5) is 11.0. The van der Waals surface area contributed by atoms with Gasteiger partial charge in [0.25, 0.3) is 0 Å². The minimum atomic E-state index is -4.03. The van der Waals surface area contributed by atoms with Crippen LogP contribution in [0.25, 0.3) is 0 Å². The van der Waals surface area contributed by atoms with Crippen molar-refractivity contribution in [1.82, 2.24) is 0 Å². The Morgan fingerprint density at radius 1 is 1.00 bits per heavy atom. The lowest BCUT2D eigenvalue weighted by Gasteiger charge is -2.15. The Morgan fingerprint density at radius 2 is 1.57 bits per heavy atom. The molecule has 0 unspecified atom stereocenters. The van der Waals surface area contributed by atoms with E-state index in [-0.39, 0.29) is 13.2 Å². The molecule has 0 amide bonds. The smallest absolute Gasteiger partial charge is 0.417 e. The van der Waals surface area contributed by atoms with E-state index in [1.807, 2.05) is 60.7 Å². The van der Waals surface area contributed by atoms with Crippen LogP contribution in [0, 0.1) is 0 Å². The van der Waals surface area contributed by atoms with E-state index in [9.17, 15) is 13.6 Å². The molecule has 0 fully saturated rings. The molecule has 2 aromatic carbocycles. The number of hydrogen-bond donors (Lipinski definition) is 0. The summed E-state index contributed by atoms with van der Waals surface area (Å²) in [6.45, 7) is 0.667. The summed E-state index contributed by atoms with van der Waals surface area (Å²) in [5.74, 6) is -1.79. The van der Waals surface area contributed by atoms with Crippen LogP contribution in [0.5, 0.6) is 0 Å². The molecular weight excluding hydrogens is 390 g/mol. The van der Waals surface area contributed by atoms with E-state index in [2.05, 4.69) is 16.3 Å². The van der Waals surface area contributed by atoms with Crippen molar-refractivity contribution >= 4 is 17.6 Å². The standard InChI is InChI=1S/C21H21ClF2O4/c22-21(23,24)20(25)27-13-7-12-19(28-15-18-10-5-2-6-11-18)16-26-14-17-8-3-1-4-9-17/h1-12,19H,13-16H2/b12-7+/t19-/m0/s1. The van der Waals surface area contributed by atoms with Gasteiger partial charge < -0.3 is 14.2 Å². The molecule has 150 valence electrons. The Balaban J connectivity index is 1.85. The summed E-state index contributed by atoms with van der Waals surface area (Å²) >= 11 is 4.59. The second kappa shape index (κ2) is 11.5. The molecule has 4 nitrogen and oxygen atoms in total. The molecule has 2 rings (SSSR count). The van der Waals surface area contributed by atoms with E-state index in [0.717, 1.165) is 11.1 Å². The van der Waals surface area contributed by atoms with E-state index in [1.165, 1.54) is 6.08 Å². The quantitative estimate of drug-likeness (QED) is 0.305. The lowest BCUT2D eigenvalue weighted by molar-refractivity contribution is -0.159. The van der Waals surface area contributed by atoms with Crippen LogP contribution in [0.1, 0.15) is 11.1 Å². The molecule has 0 heterocycles. The lowest BCUT2D eigenvalue weighted by Crippen LogP contribution is -2.24. The topological polar surface area (TPSA) is 44.8 Å². The largest absolute Gasteiger partial charge is 0.456 e. The van der Waals surface area contributed by atoms with Crippen molar-refractivity contribution in [1.29, 1.82) is 0 Å². The maximum Gasteiger partial charge on any atom is 0.417 e. The highest BCUT2D eigenvalue weighted by molar-refractivity contribution is 6.31. The first-order valence-corrected chi connectivity index (χ1v) is 9.01. The molecule has 0 bridgehead atoms. The third-order valence-electron chi connectivity index (χ3n) is 3.59. The van der Waals surface area contributed by atoms with Gasteiger partial charge in [-0.2, -0.15) is 8.78 Å². The van der Waals surface area contributed by atoms with Gasteiger partial charge in [0.05, 0.1) is 25.9 Å². The van der Waals surface area contributed by atoms with Crippen LogP contribution in [0.3, 0.4) is 0 Å². The van der Waals surface area contributed by atoms with Gasteiger partial charge in [-0.05, 0) is 28.8 Å². The fraction of sp³-hybridized carbons (Fsp3) is 0.286. The number of esters is 1. The van der Waals surface area contributed by atoms with Crippen molar-refractivity contribution in [2.45, 2.75) is 24.7 Å². The van der Waals surface area contributed by atoms with E-state index < -0.39 is 17.5 Å². The average molecular weight is 411 g/mol. The van der Waals surface area contributed by atoms with Crippen molar-refractivity contribution in [3.8, 4) is 0 Å². The number of ether oxygens (including phenoxy) is 3. The number of halogens is 3. The van der Waals surface area contributed by atoms with E-state index in [0.29, 0.717) is 13.2 Å². The van der Waals surface area contributed by atoms with Gasteiger partial charge >= 0.3 is 11.4 Å². The fourth-order valence-corrected chi connectivity index (χ4v) is 2.27. The zero-order valence-electron chi connectivity index (χ0n) is 15.1. The van der Waals surface area contributed by atoms with Crippen LogP contribution in [0.4, 0.5) is 8.78 Å². The lowest BCUT2D eigenvalue weighted by atomic mass is 10.2. The number of carbonyl (C=O) groups excluding carboxylic acids is 1. The Kier molecular flexibility index (Phi) is 9.07. The Hall–Kier alpha value is -2.28. The normalized spacial score (nSPS) is 12.8. The molecule has 0 aromatic heterocycles. The van der Waals surface area contributed by atoms with Gasteiger partial charge in [-0.15, -0.1) is 0 Å². The molecule has 0 aliphatic heterocycles. The second-order valence-corrected chi connectivity index (χ2v) is 6.33. The van der Waals surface area contributed by atoms with Gasteiger partial charge in [-0.3, -0.25) is 0 Å². The minimum Gasteiger partial charge on any atom is -0.456 e. The van der Waals surface area contributed by atoms with Gasteiger partial charge in [0, 0.05) is 0 Å². The number of alkyl halides is 3. The van der Waals surface area contributed by atoms with Crippen LogP contribution >= 0.6 is 11.6 Å². The van der Waals surface area contributed by atoms with Crippen molar-refractivity contribution in [2.24, 2.45) is 0 Å². The van der Waals surface area contributed by atoms with Crippen LogP contribution in [0.15, 0.2) is 72.8 Å². The first-order chi connectivity index (χ1) is 13.4.